The van der Waals surface area contributed by atoms with Crippen LogP contribution in [0, 0.1) is 11.6 Å². The number of hydrogen-bond donors (Lipinski definition) is 2. The third-order valence-corrected chi connectivity index (χ3v) is 1.70. The van der Waals surface area contributed by atoms with Crippen LogP contribution in [0.4, 0.5) is 14.5 Å². The van der Waals surface area contributed by atoms with E-state index >= 15 is 0 Å². The molecule has 0 aliphatic carbocycles. The van der Waals surface area contributed by atoms with Crippen LogP contribution in [0.15, 0.2) is 18.2 Å². The van der Waals surface area contributed by atoms with Crippen LogP contribution in [-0.4, -0.2) is 10.9 Å². The first kappa shape index (κ1) is 11.5. The number of anilines is 1. The molecule has 1 rings (SSSR count). The van der Waals surface area contributed by atoms with Crippen molar-refractivity contribution in [3.05, 3.63) is 29.8 Å². The van der Waals surface area contributed by atoms with Crippen LogP contribution in [0.1, 0.15) is 6.42 Å². The Morgan fingerprint density at radius 1 is 1.47 bits per heavy atom. The molecule has 0 radical (unpaired) electrons. The van der Waals surface area contributed by atoms with Gasteiger partial charge in [0.05, 0.1) is 17.1 Å². The Morgan fingerprint density at radius 2 is 2.13 bits per heavy atom. The van der Waals surface area contributed by atoms with E-state index < -0.39 is 17.5 Å². The lowest BCUT2D eigenvalue weighted by Crippen LogP contribution is -2.20. The summed E-state index contributed by atoms with van der Waals surface area (Å²) < 4.78 is 25.8. The first-order valence-electron chi connectivity index (χ1n) is 4.03. The van der Waals surface area contributed by atoms with Gasteiger partial charge in [0, 0.05) is 0 Å². The van der Waals surface area contributed by atoms with Gasteiger partial charge in [0.1, 0.15) is 0 Å². The smallest absolute Gasteiger partial charge is 0.231 e. The number of nitrogens with two attached hydrogens (primary N) is 1. The van der Waals surface area contributed by atoms with Crippen LogP contribution < -0.4 is 11.1 Å². The van der Waals surface area contributed by atoms with Crippen molar-refractivity contribution in [3.63, 3.8) is 0 Å². The number of hydrogen-bond acceptors (Lipinski definition) is 2. The lowest BCUT2D eigenvalue weighted by molar-refractivity contribution is -0.115. The number of thiocarbonyl (C=S) groups is 1. The van der Waals surface area contributed by atoms with E-state index in [1.165, 1.54) is 12.1 Å². The highest BCUT2D eigenvalue weighted by molar-refractivity contribution is 7.80. The van der Waals surface area contributed by atoms with Gasteiger partial charge in [-0.3, -0.25) is 4.79 Å². The molecule has 0 saturated carbocycles. The first-order chi connectivity index (χ1) is 7.00. The Hall–Kier alpha value is -1.56. The highest BCUT2D eigenvalue weighted by Gasteiger charge is 2.10. The minimum Gasteiger partial charge on any atom is -0.393 e. The van der Waals surface area contributed by atoms with Gasteiger partial charge in [-0.05, 0) is 12.1 Å². The predicted molar refractivity (Wildman–Crippen MR) is 56.4 cm³/mol. The normalized spacial score (nSPS) is 9.73. The Morgan fingerprint density at radius 3 is 2.73 bits per heavy atom. The molecule has 1 aromatic carbocycles. The summed E-state index contributed by atoms with van der Waals surface area (Å²) >= 11 is 4.50. The van der Waals surface area contributed by atoms with E-state index in [9.17, 15) is 13.6 Å². The molecule has 0 aromatic heterocycles. The van der Waals surface area contributed by atoms with Gasteiger partial charge in [0.15, 0.2) is 11.6 Å². The molecule has 3 N–H and O–H groups in total. The molecule has 0 saturated heterocycles. The molecule has 0 aliphatic heterocycles. The maximum Gasteiger partial charge on any atom is 0.231 e. The highest BCUT2D eigenvalue weighted by Crippen LogP contribution is 2.16. The standard InChI is InChI=1S/C9H8F2N2OS/c10-5-2-1-3-6(9(5)11)13-8(14)4-7(12)15/h1-3H,4H2,(H2,12,15)(H,13,14). The van der Waals surface area contributed by atoms with Crippen LogP contribution in [0.2, 0.25) is 0 Å². The number of benzene rings is 1. The minimum absolute atomic E-state index is 0.00990. The molecule has 0 spiro atoms. The van der Waals surface area contributed by atoms with Crippen LogP contribution in [0.25, 0.3) is 0 Å². The van der Waals surface area contributed by atoms with Gasteiger partial charge < -0.3 is 11.1 Å². The summed E-state index contributed by atoms with van der Waals surface area (Å²) in [5.74, 6) is -2.70. The van der Waals surface area contributed by atoms with Crippen LogP contribution in [0.3, 0.4) is 0 Å². The molecular formula is C9H8F2N2OS. The molecule has 15 heavy (non-hydrogen) atoms. The number of amides is 1. The van der Waals surface area contributed by atoms with Gasteiger partial charge in [-0.25, -0.2) is 8.78 Å². The van der Waals surface area contributed by atoms with E-state index in [-0.39, 0.29) is 17.1 Å². The molecule has 0 aliphatic rings. The van der Waals surface area contributed by atoms with Gasteiger partial charge in [-0.2, -0.15) is 0 Å². The van der Waals surface area contributed by atoms with Gasteiger partial charge in [-0.1, -0.05) is 18.3 Å². The third-order valence-electron chi connectivity index (χ3n) is 1.56. The molecule has 3 nitrogen and oxygen atoms in total. The number of halogens is 2. The largest absolute Gasteiger partial charge is 0.393 e. The fourth-order valence-electron chi connectivity index (χ4n) is 0.953. The molecule has 0 heterocycles. The Bertz CT molecular complexity index is 409. The Labute approximate surface area is 90.3 Å². The molecule has 0 fully saturated rings. The van der Waals surface area contributed by atoms with Crippen LogP contribution in [0.5, 0.6) is 0 Å². The van der Waals surface area contributed by atoms with Gasteiger partial charge in [0.25, 0.3) is 0 Å². The highest BCUT2D eigenvalue weighted by atomic mass is 32.1. The summed E-state index contributed by atoms with van der Waals surface area (Å²) in [7, 11) is 0. The number of nitrogens with one attached hydrogen (secondary N) is 1. The van der Waals surface area contributed by atoms with Crippen molar-refractivity contribution in [2.24, 2.45) is 5.73 Å². The first-order valence-corrected chi connectivity index (χ1v) is 4.43. The maximum atomic E-state index is 13.0. The van der Waals surface area contributed by atoms with Gasteiger partial charge >= 0.3 is 0 Å². The van der Waals surface area contributed by atoms with Crippen LogP contribution >= 0.6 is 12.2 Å². The average molecular weight is 230 g/mol. The summed E-state index contributed by atoms with van der Waals surface area (Å²) in [6, 6.07) is 3.49. The number of rotatable bonds is 3. The molecule has 6 heteroatoms. The van der Waals surface area contributed by atoms with Gasteiger partial charge in [-0.15, -0.1) is 0 Å². The topological polar surface area (TPSA) is 55.1 Å². The van der Waals surface area contributed by atoms with E-state index in [1.54, 1.807) is 0 Å². The molecule has 0 bridgehead atoms. The van der Waals surface area contributed by atoms with E-state index in [0.29, 0.717) is 0 Å². The molecule has 1 aromatic rings. The van der Waals surface area contributed by atoms with Crippen molar-refractivity contribution in [2.45, 2.75) is 6.42 Å². The van der Waals surface area contributed by atoms with Crippen molar-refractivity contribution in [1.29, 1.82) is 0 Å². The van der Waals surface area contributed by atoms with Crippen molar-refractivity contribution in [1.82, 2.24) is 0 Å². The summed E-state index contributed by atoms with van der Waals surface area (Å²) in [4.78, 5) is 11.1. The molecule has 1 amide bonds. The minimum atomic E-state index is -1.10. The van der Waals surface area contributed by atoms with Gasteiger partial charge in [0.2, 0.25) is 5.91 Å². The third kappa shape index (κ3) is 3.25. The maximum absolute atomic E-state index is 13.0. The molecule has 80 valence electrons. The second-order valence-electron chi connectivity index (χ2n) is 2.79. The van der Waals surface area contributed by atoms with E-state index in [4.69, 9.17) is 5.73 Å². The summed E-state index contributed by atoms with van der Waals surface area (Å²) in [6.07, 6.45) is -0.203. The zero-order valence-electron chi connectivity index (χ0n) is 7.59. The lowest BCUT2D eigenvalue weighted by Gasteiger charge is -2.05. The zero-order chi connectivity index (χ0) is 11.4. The fourth-order valence-corrected chi connectivity index (χ4v) is 1.08. The SMILES string of the molecule is NC(=S)CC(=O)Nc1cccc(F)c1F. The van der Waals surface area contributed by atoms with Crippen molar-refractivity contribution >= 4 is 28.8 Å². The summed E-state index contributed by atoms with van der Waals surface area (Å²) in [5, 5.41) is 2.16. The number of carbonyl (C=O) groups is 1. The lowest BCUT2D eigenvalue weighted by atomic mass is 10.3. The Kier molecular flexibility index (Phi) is 3.68. The monoisotopic (exact) mass is 230 g/mol. The molecule has 0 unspecified atom stereocenters. The van der Waals surface area contributed by atoms with E-state index in [1.807, 2.05) is 0 Å². The number of carbonyl (C=O) groups excluding carboxylic acids is 1. The fraction of sp³-hybridized carbons (Fsp3) is 0.111. The van der Waals surface area contributed by atoms with E-state index in [2.05, 4.69) is 17.5 Å². The van der Waals surface area contributed by atoms with E-state index in [0.717, 1.165) is 6.07 Å². The van der Waals surface area contributed by atoms with Crippen molar-refractivity contribution in [3.8, 4) is 0 Å². The predicted octanol–water partition coefficient (Wildman–Crippen LogP) is 1.58. The zero-order valence-corrected chi connectivity index (χ0v) is 8.41. The molecule has 0 atom stereocenters. The van der Waals surface area contributed by atoms with Crippen molar-refractivity contribution < 1.29 is 13.6 Å². The quantitative estimate of drug-likeness (QED) is 0.775. The second-order valence-corrected chi connectivity index (χ2v) is 3.32. The summed E-state index contributed by atoms with van der Waals surface area (Å²) in [5.41, 5.74) is 4.89. The Balaban J connectivity index is 2.77. The molecular weight excluding hydrogens is 222 g/mol. The average Bonchev–Trinajstić information content (AvgIpc) is 2.11. The summed E-state index contributed by atoms with van der Waals surface area (Å²) in [6.45, 7) is 0. The van der Waals surface area contributed by atoms with Crippen molar-refractivity contribution in [2.75, 3.05) is 5.32 Å². The second kappa shape index (κ2) is 4.79. The van der Waals surface area contributed by atoms with Crippen LogP contribution in [-0.2, 0) is 4.79 Å².